The third kappa shape index (κ3) is 4.85. The van der Waals surface area contributed by atoms with Crippen molar-refractivity contribution in [1.82, 2.24) is 4.98 Å². The second-order valence-corrected chi connectivity index (χ2v) is 6.58. The molecule has 2 aromatic carbocycles. The molecule has 0 radical (unpaired) electrons. The number of aryl methyl sites for hydroxylation is 2. The van der Waals surface area contributed by atoms with Gasteiger partial charge in [-0.1, -0.05) is 25.1 Å². The largest absolute Gasteiger partial charge is 0.497 e. The Balaban J connectivity index is 1.74. The van der Waals surface area contributed by atoms with Gasteiger partial charge in [0.05, 0.1) is 26.1 Å². The van der Waals surface area contributed by atoms with Crippen molar-refractivity contribution in [1.29, 1.82) is 0 Å². The zero-order valence-corrected chi connectivity index (χ0v) is 17.1. The minimum absolute atomic E-state index is 0.267. The van der Waals surface area contributed by atoms with Crippen LogP contribution in [0.3, 0.4) is 0 Å². The van der Waals surface area contributed by atoms with E-state index in [-0.39, 0.29) is 5.91 Å². The maximum atomic E-state index is 12.6. The van der Waals surface area contributed by atoms with Crippen LogP contribution in [-0.4, -0.2) is 25.1 Å². The van der Waals surface area contributed by atoms with Crippen LogP contribution >= 0.6 is 0 Å². The van der Waals surface area contributed by atoms with E-state index in [1.54, 1.807) is 38.6 Å². The zero-order chi connectivity index (χ0) is 20.8. The highest BCUT2D eigenvalue weighted by molar-refractivity contribution is 6.04. The summed E-state index contributed by atoms with van der Waals surface area (Å²) in [5.74, 6) is 1.56. The van der Waals surface area contributed by atoms with Gasteiger partial charge in [-0.2, -0.15) is 0 Å². The van der Waals surface area contributed by atoms with Crippen LogP contribution < -0.4 is 20.1 Å². The van der Waals surface area contributed by atoms with Gasteiger partial charge in [0.1, 0.15) is 17.3 Å². The van der Waals surface area contributed by atoms with Crippen LogP contribution in [0.1, 0.15) is 28.4 Å². The van der Waals surface area contributed by atoms with Gasteiger partial charge >= 0.3 is 0 Å². The number of rotatable bonds is 7. The summed E-state index contributed by atoms with van der Waals surface area (Å²) in [7, 11) is 3.09. The Hall–Kier alpha value is -3.54. The normalized spacial score (nSPS) is 10.3. The number of hydrogen-bond donors (Lipinski definition) is 2. The number of carbonyl (C=O) groups is 1. The van der Waals surface area contributed by atoms with Gasteiger partial charge in [-0.3, -0.25) is 4.79 Å². The fourth-order valence-corrected chi connectivity index (χ4v) is 3.01. The van der Waals surface area contributed by atoms with Crippen molar-refractivity contribution < 1.29 is 14.3 Å². The number of pyridine rings is 1. The first-order valence-electron chi connectivity index (χ1n) is 9.40. The topological polar surface area (TPSA) is 72.5 Å². The van der Waals surface area contributed by atoms with E-state index in [1.807, 2.05) is 12.1 Å². The number of benzene rings is 2. The minimum Gasteiger partial charge on any atom is -0.497 e. The molecule has 1 amide bonds. The Morgan fingerprint density at radius 2 is 1.76 bits per heavy atom. The Morgan fingerprint density at radius 1 is 1.03 bits per heavy atom. The van der Waals surface area contributed by atoms with Gasteiger partial charge in [0, 0.05) is 17.3 Å². The van der Waals surface area contributed by atoms with Crippen molar-refractivity contribution >= 4 is 23.1 Å². The zero-order valence-electron chi connectivity index (χ0n) is 17.1. The number of nitrogens with one attached hydrogen (secondary N) is 2. The number of hydrogen-bond acceptors (Lipinski definition) is 5. The van der Waals surface area contributed by atoms with Crippen LogP contribution in [-0.2, 0) is 6.42 Å². The van der Waals surface area contributed by atoms with E-state index in [2.05, 4.69) is 47.7 Å². The summed E-state index contributed by atoms with van der Waals surface area (Å²) < 4.78 is 10.4. The lowest BCUT2D eigenvalue weighted by molar-refractivity contribution is 0.102. The van der Waals surface area contributed by atoms with Crippen molar-refractivity contribution in [3.63, 3.8) is 0 Å². The van der Waals surface area contributed by atoms with Gasteiger partial charge in [-0.05, 0) is 48.7 Å². The van der Waals surface area contributed by atoms with E-state index in [4.69, 9.17) is 9.47 Å². The highest BCUT2D eigenvalue weighted by Crippen LogP contribution is 2.26. The number of carbonyl (C=O) groups excluding carboxylic acids is 1. The van der Waals surface area contributed by atoms with Gasteiger partial charge in [0.2, 0.25) is 0 Å². The van der Waals surface area contributed by atoms with Crippen LogP contribution in [0.15, 0.2) is 54.7 Å². The fourth-order valence-electron chi connectivity index (χ4n) is 3.01. The highest BCUT2D eigenvalue weighted by Gasteiger charge is 2.11. The van der Waals surface area contributed by atoms with E-state index in [0.717, 1.165) is 23.5 Å². The van der Waals surface area contributed by atoms with Gasteiger partial charge in [0.25, 0.3) is 5.91 Å². The Labute approximate surface area is 170 Å². The molecular weight excluding hydrogens is 366 g/mol. The number of ether oxygens (including phenoxy) is 2. The fraction of sp³-hybridized carbons (Fsp3) is 0.217. The summed E-state index contributed by atoms with van der Waals surface area (Å²) >= 11 is 0. The quantitative estimate of drug-likeness (QED) is 0.595. The number of methoxy groups -OCH3 is 2. The smallest absolute Gasteiger partial charge is 0.255 e. The number of amides is 1. The second-order valence-electron chi connectivity index (χ2n) is 6.58. The molecule has 0 saturated carbocycles. The molecule has 1 heterocycles. The lowest BCUT2D eigenvalue weighted by Gasteiger charge is -2.14. The third-order valence-corrected chi connectivity index (χ3v) is 4.63. The lowest BCUT2D eigenvalue weighted by Crippen LogP contribution is -2.12. The first kappa shape index (κ1) is 20.2. The number of anilines is 3. The summed E-state index contributed by atoms with van der Waals surface area (Å²) in [5, 5.41) is 6.22. The molecule has 0 aliphatic rings. The van der Waals surface area contributed by atoms with E-state index < -0.39 is 0 Å². The summed E-state index contributed by atoms with van der Waals surface area (Å²) in [4.78, 5) is 17.0. The molecule has 0 saturated heterocycles. The van der Waals surface area contributed by atoms with Crippen molar-refractivity contribution in [3.05, 3.63) is 71.4 Å². The lowest BCUT2D eigenvalue weighted by atomic mass is 10.1. The molecular formula is C23H25N3O3. The Bertz CT molecular complexity index is 978. The molecule has 6 heteroatoms. The van der Waals surface area contributed by atoms with Gasteiger partial charge in [-0.25, -0.2) is 4.98 Å². The van der Waals surface area contributed by atoms with Crippen LogP contribution in [0.4, 0.5) is 17.2 Å². The maximum Gasteiger partial charge on any atom is 0.255 e. The molecule has 0 fully saturated rings. The average Bonchev–Trinajstić information content (AvgIpc) is 2.75. The molecule has 6 nitrogen and oxygen atoms in total. The predicted molar refractivity (Wildman–Crippen MR) is 116 cm³/mol. The highest BCUT2D eigenvalue weighted by atomic mass is 16.5. The second kappa shape index (κ2) is 9.10. The van der Waals surface area contributed by atoms with Crippen molar-refractivity contribution in [2.24, 2.45) is 0 Å². The molecule has 3 rings (SSSR count). The van der Waals surface area contributed by atoms with Crippen LogP contribution in [0.5, 0.6) is 11.5 Å². The summed E-state index contributed by atoms with van der Waals surface area (Å²) in [6, 6.07) is 14.9. The predicted octanol–water partition coefficient (Wildman–Crippen LogP) is 4.97. The molecule has 2 N–H and O–H groups in total. The minimum atomic E-state index is -0.267. The summed E-state index contributed by atoms with van der Waals surface area (Å²) in [6.07, 6.45) is 2.56. The summed E-state index contributed by atoms with van der Waals surface area (Å²) in [5.41, 5.74) is 4.51. The van der Waals surface area contributed by atoms with E-state index in [0.29, 0.717) is 22.7 Å². The molecule has 1 aromatic heterocycles. The number of para-hydroxylation sites is 1. The molecule has 29 heavy (non-hydrogen) atoms. The molecule has 0 unspecified atom stereocenters. The molecule has 0 bridgehead atoms. The van der Waals surface area contributed by atoms with Gasteiger partial charge < -0.3 is 20.1 Å². The van der Waals surface area contributed by atoms with Gasteiger partial charge in [-0.15, -0.1) is 0 Å². The summed E-state index contributed by atoms with van der Waals surface area (Å²) in [6.45, 7) is 4.19. The number of nitrogens with zero attached hydrogens (tertiary/aromatic N) is 1. The van der Waals surface area contributed by atoms with E-state index >= 15 is 0 Å². The van der Waals surface area contributed by atoms with Crippen LogP contribution in [0.25, 0.3) is 0 Å². The monoisotopic (exact) mass is 391 g/mol. The standard InChI is InChI=1S/C23H25N3O3/c1-5-16-8-6-7-15(2)22(16)26-21-10-9-18(14-24-21)25-23(27)17-11-19(28-3)13-20(12-17)29-4/h6-14H,5H2,1-4H3,(H,24,26)(H,25,27). The molecule has 0 aliphatic carbocycles. The first-order chi connectivity index (χ1) is 14.0. The van der Waals surface area contributed by atoms with Gasteiger partial charge in [0.15, 0.2) is 0 Å². The third-order valence-electron chi connectivity index (χ3n) is 4.63. The SMILES string of the molecule is CCc1cccc(C)c1Nc1ccc(NC(=O)c2cc(OC)cc(OC)c2)cn1. The molecule has 3 aromatic rings. The average molecular weight is 391 g/mol. The molecule has 0 aliphatic heterocycles. The number of aromatic nitrogens is 1. The molecule has 150 valence electrons. The maximum absolute atomic E-state index is 12.6. The Kier molecular flexibility index (Phi) is 6.34. The van der Waals surface area contributed by atoms with Crippen molar-refractivity contribution in [2.45, 2.75) is 20.3 Å². The van der Waals surface area contributed by atoms with Crippen LogP contribution in [0, 0.1) is 6.92 Å². The molecule has 0 spiro atoms. The van der Waals surface area contributed by atoms with Crippen LogP contribution in [0.2, 0.25) is 0 Å². The first-order valence-corrected chi connectivity index (χ1v) is 9.40. The van der Waals surface area contributed by atoms with Crippen molar-refractivity contribution in [2.75, 3.05) is 24.9 Å². The van der Waals surface area contributed by atoms with E-state index in [1.165, 1.54) is 5.56 Å². The molecule has 0 atom stereocenters. The van der Waals surface area contributed by atoms with Crippen molar-refractivity contribution in [3.8, 4) is 11.5 Å². The Morgan fingerprint density at radius 3 is 2.34 bits per heavy atom. The van der Waals surface area contributed by atoms with E-state index in [9.17, 15) is 4.79 Å².